The summed E-state index contributed by atoms with van der Waals surface area (Å²) >= 11 is 7.37. The number of rotatable bonds is 1. The van der Waals surface area contributed by atoms with Crippen LogP contribution in [0.1, 0.15) is 24.3 Å². The molecule has 0 saturated carbocycles. The van der Waals surface area contributed by atoms with Gasteiger partial charge in [0.1, 0.15) is 0 Å². The van der Waals surface area contributed by atoms with E-state index in [4.69, 9.17) is 11.6 Å². The Kier molecular flexibility index (Phi) is 2.56. The van der Waals surface area contributed by atoms with E-state index < -0.39 is 0 Å². The van der Waals surface area contributed by atoms with E-state index in [1.807, 2.05) is 11.4 Å². The van der Waals surface area contributed by atoms with E-state index in [-0.39, 0.29) is 17.7 Å². The first-order chi connectivity index (χ1) is 6.66. The van der Waals surface area contributed by atoms with Gasteiger partial charge in [0, 0.05) is 18.8 Å². The van der Waals surface area contributed by atoms with Crippen LogP contribution in [0.2, 0.25) is 4.34 Å². The molecule has 0 aliphatic carbocycles. The Balaban J connectivity index is 2.23. The normalized spacial score (nSPS) is 18.4. The number of nitrogens with one attached hydrogen (secondary N) is 1. The zero-order chi connectivity index (χ0) is 10.1. The van der Waals surface area contributed by atoms with Crippen LogP contribution in [0.4, 0.5) is 0 Å². The molecule has 3 nitrogen and oxygen atoms in total. The van der Waals surface area contributed by atoms with Crippen LogP contribution in [0, 0.1) is 0 Å². The quantitative estimate of drug-likeness (QED) is 0.748. The fraction of sp³-hybridized carbons (Fsp3) is 0.333. The first kappa shape index (κ1) is 9.68. The zero-order valence-corrected chi connectivity index (χ0v) is 8.82. The van der Waals surface area contributed by atoms with Crippen LogP contribution in [0.25, 0.3) is 0 Å². The second-order valence-corrected chi connectivity index (χ2v) is 4.74. The van der Waals surface area contributed by atoms with Crippen molar-refractivity contribution in [2.24, 2.45) is 0 Å². The summed E-state index contributed by atoms with van der Waals surface area (Å²) in [5.74, 6) is -0.475. The predicted molar refractivity (Wildman–Crippen MR) is 54.5 cm³/mol. The molecule has 1 aliphatic rings. The van der Waals surface area contributed by atoms with Gasteiger partial charge in [0.05, 0.1) is 4.34 Å². The summed E-state index contributed by atoms with van der Waals surface area (Å²) in [6, 6.07) is 1.88. The third-order valence-electron chi connectivity index (χ3n) is 2.23. The zero-order valence-electron chi connectivity index (χ0n) is 7.25. The SMILES string of the molecule is O=C1CC(c2ccsc2Cl)CC(=O)N1. The van der Waals surface area contributed by atoms with Crippen molar-refractivity contribution in [2.45, 2.75) is 18.8 Å². The molecule has 1 fully saturated rings. The maximum absolute atomic E-state index is 11.1. The van der Waals surface area contributed by atoms with E-state index in [0.717, 1.165) is 5.56 Å². The molecule has 5 heteroatoms. The van der Waals surface area contributed by atoms with Gasteiger partial charge in [0.15, 0.2) is 0 Å². The molecule has 74 valence electrons. The Hall–Kier alpha value is -0.870. The molecule has 2 heterocycles. The average Bonchev–Trinajstić information content (AvgIpc) is 2.49. The predicted octanol–water partition coefficient (Wildman–Crippen LogP) is 1.92. The summed E-state index contributed by atoms with van der Waals surface area (Å²) in [6.07, 6.45) is 0.699. The van der Waals surface area contributed by atoms with Gasteiger partial charge in [-0.1, -0.05) is 11.6 Å². The van der Waals surface area contributed by atoms with Crippen LogP contribution in [0.5, 0.6) is 0 Å². The van der Waals surface area contributed by atoms with Gasteiger partial charge in [-0.2, -0.15) is 0 Å². The van der Waals surface area contributed by atoms with E-state index in [9.17, 15) is 9.59 Å². The third-order valence-corrected chi connectivity index (χ3v) is 3.43. The van der Waals surface area contributed by atoms with Gasteiger partial charge in [-0.05, 0) is 17.0 Å². The number of carbonyl (C=O) groups excluding carboxylic acids is 2. The number of hydrogen-bond acceptors (Lipinski definition) is 3. The van der Waals surface area contributed by atoms with Crippen molar-refractivity contribution in [2.75, 3.05) is 0 Å². The smallest absolute Gasteiger partial charge is 0.227 e. The highest BCUT2D eigenvalue weighted by Crippen LogP contribution is 2.34. The standard InChI is InChI=1S/C9H8ClNO2S/c10-9-6(1-2-14-9)5-3-7(12)11-8(13)4-5/h1-2,5H,3-4H2,(H,11,12,13). The number of carbonyl (C=O) groups is 2. The number of halogens is 1. The molecule has 14 heavy (non-hydrogen) atoms. The fourth-order valence-corrected chi connectivity index (χ4v) is 2.67. The first-order valence-electron chi connectivity index (χ1n) is 4.22. The lowest BCUT2D eigenvalue weighted by molar-refractivity contribution is -0.133. The van der Waals surface area contributed by atoms with Gasteiger partial charge in [0.25, 0.3) is 0 Å². The lowest BCUT2D eigenvalue weighted by Gasteiger charge is -2.20. The minimum Gasteiger partial charge on any atom is -0.296 e. The highest BCUT2D eigenvalue weighted by Gasteiger charge is 2.27. The van der Waals surface area contributed by atoms with E-state index in [1.165, 1.54) is 11.3 Å². The second-order valence-electron chi connectivity index (χ2n) is 3.23. The number of amides is 2. The fourth-order valence-electron chi connectivity index (χ4n) is 1.59. The van der Waals surface area contributed by atoms with Crippen molar-refractivity contribution >= 4 is 34.8 Å². The van der Waals surface area contributed by atoms with Gasteiger partial charge >= 0.3 is 0 Å². The molecule has 1 aromatic rings. The maximum Gasteiger partial charge on any atom is 0.227 e. The van der Waals surface area contributed by atoms with Crippen LogP contribution >= 0.6 is 22.9 Å². The summed E-state index contributed by atoms with van der Waals surface area (Å²) in [5, 5.41) is 4.14. The molecule has 2 rings (SSSR count). The second kappa shape index (κ2) is 3.71. The van der Waals surface area contributed by atoms with Gasteiger partial charge in [-0.15, -0.1) is 11.3 Å². The van der Waals surface area contributed by atoms with Crippen molar-refractivity contribution in [1.82, 2.24) is 5.32 Å². The molecule has 0 radical (unpaired) electrons. The minimum atomic E-state index is -0.214. The molecule has 2 amide bonds. The highest BCUT2D eigenvalue weighted by atomic mass is 35.5. The van der Waals surface area contributed by atoms with Crippen LogP contribution in [-0.4, -0.2) is 11.8 Å². The Morgan fingerprint density at radius 3 is 2.50 bits per heavy atom. The van der Waals surface area contributed by atoms with Gasteiger partial charge in [-0.3, -0.25) is 14.9 Å². The van der Waals surface area contributed by atoms with E-state index >= 15 is 0 Å². The largest absolute Gasteiger partial charge is 0.296 e. The lowest BCUT2D eigenvalue weighted by atomic mass is 9.91. The van der Waals surface area contributed by atoms with Crippen molar-refractivity contribution in [3.63, 3.8) is 0 Å². The molecular formula is C9H8ClNO2S. The molecular weight excluding hydrogens is 222 g/mol. The molecule has 0 aromatic carbocycles. The molecule has 1 saturated heterocycles. The molecule has 0 atom stereocenters. The van der Waals surface area contributed by atoms with Crippen LogP contribution in [0.3, 0.4) is 0 Å². The number of thiophene rings is 1. The topological polar surface area (TPSA) is 46.2 Å². The monoisotopic (exact) mass is 229 g/mol. The molecule has 0 unspecified atom stereocenters. The summed E-state index contributed by atoms with van der Waals surface area (Å²) in [6.45, 7) is 0. The van der Waals surface area contributed by atoms with Gasteiger partial charge in [0.2, 0.25) is 11.8 Å². The summed E-state index contributed by atoms with van der Waals surface area (Å²) < 4.78 is 0.678. The number of imide groups is 1. The Labute approximate surface area is 90.1 Å². The molecule has 0 spiro atoms. The summed E-state index contributed by atoms with van der Waals surface area (Å²) in [7, 11) is 0. The van der Waals surface area contributed by atoms with Crippen LogP contribution < -0.4 is 5.32 Å². The van der Waals surface area contributed by atoms with Gasteiger partial charge in [-0.25, -0.2) is 0 Å². The van der Waals surface area contributed by atoms with Crippen molar-refractivity contribution in [3.8, 4) is 0 Å². The van der Waals surface area contributed by atoms with Gasteiger partial charge < -0.3 is 0 Å². The van der Waals surface area contributed by atoms with E-state index in [0.29, 0.717) is 17.2 Å². The highest BCUT2D eigenvalue weighted by molar-refractivity contribution is 7.14. The number of piperidine rings is 1. The molecule has 0 bridgehead atoms. The summed E-state index contributed by atoms with van der Waals surface area (Å²) in [5.41, 5.74) is 0.917. The minimum absolute atomic E-state index is 0.0463. The van der Waals surface area contributed by atoms with E-state index in [2.05, 4.69) is 5.32 Å². The van der Waals surface area contributed by atoms with Crippen LogP contribution in [0.15, 0.2) is 11.4 Å². The first-order valence-corrected chi connectivity index (χ1v) is 5.48. The van der Waals surface area contributed by atoms with Crippen molar-refractivity contribution < 1.29 is 9.59 Å². The molecule has 1 aromatic heterocycles. The average molecular weight is 230 g/mol. The number of hydrogen-bond donors (Lipinski definition) is 1. The van der Waals surface area contributed by atoms with E-state index in [1.54, 1.807) is 0 Å². The Morgan fingerprint density at radius 1 is 1.36 bits per heavy atom. The van der Waals surface area contributed by atoms with Crippen molar-refractivity contribution in [3.05, 3.63) is 21.3 Å². The molecule has 1 aliphatic heterocycles. The Morgan fingerprint density at radius 2 is 2.00 bits per heavy atom. The lowest BCUT2D eigenvalue weighted by Crippen LogP contribution is -2.37. The molecule has 1 N–H and O–H groups in total. The van der Waals surface area contributed by atoms with Crippen LogP contribution in [-0.2, 0) is 9.59 Å². The third kappa shape index (κ3) is 1.81. The maximum atomic E-state index is 11.1. The van der Waals surface area contributed by atoms with Crippen molar-refractivity contribution in [1.29, 1.82) is 0 Å². The Bertz CT molecular complexity index is 372. The summed E-state index contributed by atoms with van der Waals surface area (Å²) in [4.78, 5) is 22.2.